The van der Waals surface area contributed by atoms with Gasteiger partial charge in [-0.25, -0.2) is 0 Å². The van der Waals surface area contributed by atoms with Gasteiger partial charge < -0.3 is 10.1 Å². The Kier molecular flexibility index (Phi) is 4.61. The van der Waals surface area contributed by atoms with Gasteiger partial charge in [-0.2, -0.15) is 5.10 Å². The molecule has 0 bridgehead atoms. The van der Waals surface area contributed by atoms with E-state index < -0.39 is 0 Å². The molecule has 1 aromatic carbocycles. The number of rotatable bonds is 5. The smallest absolute Gasteiger partial charge is 0.120 e. The minimum atomic E-state index is 0.250. The summed E-state index contributed by atoms with van der Waals surface area (Å²) in [5, 5.41) is 7.64. The van der Waals surface area contributed by atoms with Gasteiger partial charge in [0.25, 0.3) is 0 Å². The zero-order chi connectivity index (χ0) is 13.8. The van der Waals surface area contributed by atoms with Gasteiger partial charge in [-0.1, -0.05) is 22.0 Å². The average molecular weight is 324 g/mol. The zero-order valence-electron chi connectivity index (χ0n) is 11.4. The van der Waals surface area contributed by atoms with Crippen molar-refractivity contribution in [1.29, 1.82) is 0 Å². The molecule has 0 aliphatic rings. The van der Waals surface area contributed by atoms with E-state index >= 15 is 0 Å². The molecule has 4 nitrogen and oxygen atoms in total. The Morgan fingerprint density at radius 1 is 1.47 bits per heavy atom. The molecule has 0 saturated heterocycles. The summed E-state index contributed by atoms with van der Waals surface area (Å²) in [7, 11) is 3.60. The fraction of sp³-hybridized carbons (Fsp3) is 0.357. The molecular formula is C14H18BrN3O. The minimum absolute atomic E-state index is 0.250. The maximum atomic E-state index is 5.20. The van der Waals surface area contributed by atoms with Gasteiger partial charge in [0.05, 0.1) is 13.3 Å². The summed E-state index contributed by atoms with van der Waals surface area (Å²) in [6.45, 7) is 2.94. The van der Waals surface area contributed by atoms with Crippen molar-refractivity contribution in [3.8, 4) is 5.75 Å². The first-order chi connectivity index (χ1) is 9.10. The van der Waals surface area contributed by atoms with E-state index in [-0.39, 0.29) is 6.04 Å². The van der Waals surface area contributed by atoms with Gasteiger partial charge in [-0.3, -0.25) is 4.68 Å². The highest BCUT2D eigenvalue weighted by atomic mass is 79.9. The maximum Gasteiger partial charge on any atom is 0.120 e. The Bertz CT molecular complexity index is 553. The number of halogens is 1. The van der Waals surface area contributed by atoms with Crippen LogP contribution in [0.5, 0.6) is 5.75 Å². The van der Waals surface area contributed by atoms with Gasteiger partial charge in [0.2, 0.25) is 0 Å². The summed E-state index contributed by atoms with van der Waals surface area (Å²) in [6, 6.07) is 6.28. The van der Waals surface area contributed by atoms with Crippen LogP contribution in [0.3, 0.4) is 0 Å². The van der Waals surface area contributed by atoms with E-state index in [1.807, 2.05) is 36.3 Å². The Morgan fingerprint density at radius 2 is 2.26 bits per heavy atom. The van der Waals surface area contributed by atoms with Crippen molar-refractivity contribution in [2.75, 3.05) is 7.11 Å². The number of aryl methyl sites for hydroxylation is 1. The topological polar surface area (TPSA) is 39.1 Å². The Balaban J connectivity index is 2.01. The average Bonchev–Trinajstić information content (AvgIpc) is 2.81. The Labute approximate surface area is 121 Å². The highest BCUT2D eigenvalue weighted by Crippen LogP contribution is 2.27. The second-order valence-electron chi connectivity index (χ2n) is 4.51. The van der Waals surface area contributed by atoms with Crippen LogP contribution in [0.2, 0.25) is 0 Å². The molecular weight excluding hydrogens is 306 g/mol. The zero-order valence-corrected chi connectivity index (χ0v) is 12.9. The first kappa shape index (κ1) is 14.1. The lowest BCUT2D eigenvalue weighted by molar-refractivity contribution is 0.414. The molecule has 0 radical (unpaired) electrons. The summed E-state index contributed by atoms with van der Waals surface area (Å²) < 4.78 is 8.06. The molecule has 19 heavy (non-hydrogen) atoms. The van der Waals surface area contributed by atoms with Crippen LogP contribution in [0, 0.1) is 0 Å². The third-order valence-electron chi connectivity index (χ3n) is 3.04. The number of ether oxygens (including phenoxy) is 1. The first-order valence-electron chi connectivity index (χ1n) is 6.14. The highest BCUT2D eigenvalue weighted by Gasteiger charge is 2.10. The minimum Gasteiger partial charge on any atom is -0.497 e. The van der Waals surface area contributed by atoms with Crippen LogP contribution in [0.4, 0.5) is 0 Å². The van der Waals surface area contributed by atoms with E-state index in [4.69, 9.17) is 4.74 Å². The standard InChI is InChI=1S/C14H18BrN3O/c1-10(16-7-11-8-17-18(2)9-11)13-5-4-12(19-3)6-14(13)15/h4-6,8-10,16H,7H2,1-3H3/t10-/m1/s1. The number of nitrogens with zero attached hydrogens (tertiary/aromatic N) is 2. The maximum absolute atomic E-state index is 5.20. The molecule has 0 aliphatic heterocycles. The molecule has 0 spiro atoms. The molecule has 1 atom stereocenters. The summed E-state index contributed by atoms with van der Waals surface area (Å²) >= 11 is 3.58. The van der Waals surface area contributed by atoms with Crippen molar-refractivity contribution in [2.45, 2.75) is 19.5 Å². The lowest BCUT2D eigenvalue weighted by atomic mass is 10.1. The van der Waals surface area contributed by atoms with Crippen LogP contribution in [-0.4, -0.2) is 16.9 Å². The van der Waals surface area contributed by atoms with Crippen molar-refractivity contribution in [1.82, 2.24) is 15.1 Å². The van der Waals surface area contributed by atoms with Gasteiger partial charge in [-0.05, 0) is 24.6 Å². The lowest BCUT2D eigenvalue weighted by Crippen LogP contribution is -2.18. The second-order valence-corrected chi connectivity index (χ2v) is 5.37. The van der Waals surface area contributed by atoms with Crippen molar-refractivity contribution >= 4 is 15.9 Å². The molecule has 0 saturated carbocycles. The van der Waals surface area contributed by atoms with Crippen molar-refractivity contribution in [3.63, 3.8) is 0 Å². The monoisotopic (exact) mass is 323 g/mol. The predicted octanol–water partition coefficient (Wildman–Crippen LogP) is 3.04. The number of nitrogens with one attached hydrogen (secondary N) is 1. The normalized spacial score (nSPS) is 12.4. The fourth-order valence-electron chi connectivity index (χ4n) is 1.93. The van der Waals surface area contributed by atoms with Crippen LogP contribution >= 0.6 is 15.9 Å². The molecule has 1 N–H and O–H groups in total. The van der Waals surface area contributed by atoms with E-state index in [1.165, 1.54) is 11.1 Å². The lowest BCUT2D eigenvalue weighted by Gasteiger charge is -2.16. The van der Waals surface area contributed by atoms with Crippen LogP contribution in [0.25, 0.3) is 0 Å². The van der Waals surface area contributed by atoms with E-state index in [1.54, 1.807) is 7.11 Å². The quantitative estimate of drug-likeness (QED) is 0.919. The van der Waals surface area contributed by atoms with Crippen molar-refractivity contribution in [3.05, 3.63) is 46.2 Å². The molecule has 0 unspecified atom stereocenters. The largest absolute Gasteiger partial charge is 0.497 e. The van der Waals surface area contributed by atoms with E-state index in [0.29, 0.717) is 0 Å². The number of hydrogen-bond donors (Lipinski definition) is 1. The van der Waals surface area contributed by atoms with Gasteiger partial charge in [-0.15, -0.1) is 0 Å². The molecule has 0 aliphatic carbocycles. The first-order valence-corrected chi connectivity index (χ1v) is 6.94. The van der Waals surface area contributed by atoms with Gasteiger partial charge in [0.1, 0.15) is 5.75 Å². The second kappa shape index (κ2) is 6.21. The summed E-state index contributed by atoms with van der Waals surface area (Å²) in [5.41, 5.74) is 2.39. The molecule has 2 rings (SSSR count). The SMILES string of the molecule is COc1ccc([C@@H](C)NCc2cnn(C)c2)c(Br)c1. The number of hydrogen-bond acceptors (Lipinski definition) is 3. The molecule has 2 aromatic rings. The number of methoxy groups -OCH3 is 1. The third-order valence-corrected chi connectivity index (χ3v) is 3.73. The molecule has 0 fully saturated rings. The Morgan fingerprint density at radius 3 is 2.84 bits per heavy atom. The van der Waals surface area contributed by atoms with Crippen molar-refractivity contribution in [2.24, 2.45) is 7.05 Å². The van der Waals surface area contributed by atoms with Gasteiger partial charge in [0, 0.05) is 35.9 Å². The molecule has 1 aromatic heterocycles. The fourth-order valence-corrected chi connectivity index (χ4v) is 2.63. The van der Waals surface area contributed by atoms with E-state index in [2.05, 4.69) is 39.3 Å². The number of aromatic nitrogens is 2. The molecule has 102 valence electrons. The predicted molar refractivity (Wildman–Crippen MR) is 79.2 cm³/mol. The van der Waals surface area contributed by atoms with E-state index in [9.17, 15) is 0 Å². The van der Waals surface area contributed by atoms with Gasteiger partial charge >= 0.3 is 0 Å². The third kappa shape index (κ3) is 3.58. The van der Waals surface area contributed by atoms with Crippen LogP contribution in [0.1, 0.15) is 24.1 Å². The number of benzene rings is 1. The highest BCUT2D eigenvalue weighted by molar-refractivity contribution is 9.10. The Hall–Kier alpha value is -1.33. The molecule has 5 heteroatoms. The molecule has 0 amide bonds. The summed E-state index contributed by atoms with van der Waals surface area (Å²) in [5.74, 6) is 0.857. The van der Waals surface area contributed by atoms with Crippen LogP contribution in [0.15, 0.2) is 35.1 Å². The van der Waals surface area contributed by atoms with Crippen LogP contribution in [-0.2, 0) is 13.6 Å². The van der Waals surface area contributed by atoms with Crippen molar-refractivity contribution < 1.29 is 4.74 Å². The van der Waals surface area contributed by atoms with Gasteiger partial charge in [0.15, 0.2) is 0 Å². The summed E-state index contributed by atoms with van der Waals surface area (Å²) in [6.07, 6.45) is 3.89. The summed E-state index contributed by atoms with van der Waals surface area (Å²) in [4.78, 5) is 0. The van der Waals surface area contributed by atoms with E-state index in [0.717, 1.165) is 16.8 Å². The van der Waals surface area contributed by atoms with Crippen LogP contribution < -0.4 is 10.1 Å². The molecule has 1 heterocycles.